The van der Waals surface area contributed by atoms with Gasteiger partial charge in [0.05, 0.1) is 6.04 Å². The van der Waals surface area contributed by atoms with Crippen LogP contribution in [0.1, 0.15) is 43.9 Å². The molecule has 0 spiro atoms. The van der Waals surface area contributed by atoms with E-state index in [0.717, 1.165) is 40.1 Å². The molecule has 0 aromatic heterocycles. The summed E-state index contributed by atoms with van der Waals surface area (Å²) in [5.41, 5.74) is 3.61. The van der Waals surface area contributed by atoms with E-state index in [1.807, 2.05) is 24.3 Å². The Labute approximate surface area is 168 Å². The van der Waals surface area contributed by atoms with Crippen molar-refractivity contribution in [3.05, 3.63) is 82.9 Å². The van der Waals surface area contributed by atoms with E-state index in [1.54, 1.807) is 0 Å². The minimum absolute atomic E-state index is 0.0241. The van der Waals surface area contributed by atoms with Crippen LogP contribution in [0.5, 0.6) is 0 Å². The molecular weight excluding hydrogens is 368 g/mol. The van der Waals surface area contributed by atoms with Gasteiger partial charge in [-0.2, -0.15) is 0 Å². The summed E-state index contributed by atoms with van der Waals surface area (Å²) >= 11 is 0. The quantitative estimate of drug-likeness (QED) is 0.520. The molecule has 1 atom stereocenters. The van der Waals surface area contributed by atoms with E-state index in [9.17, 15) is 13.6 Å². The van der Waals surface area contributed by atoms with E-state index in [-0.39, 0.29) is 11.2 Å². The maximum absolute atomic E-state index is 14.7. The van der Waals surface area contributed by atoms with Crippen LogP contribution in [0.15, 0.2) is 60.2 Å². The van der Waals surface area contributed by atoms with Crippen molar-refractivity contribution in [2.45, 2.75) is 32.7 Å². The molecule has 1 aliphatic carbocycles. The van der Waals surface area contributed by atoms with Crippen molar-refractivity contribution in [1.29, 1.82) is 0 Å². The van der Waals surface area contributed by atoms with Crippen molar-refractivity contribution in [2.75, 3.05) is 5.32 Å². The lowest BCUT2D eigenvalue weighted by molar-refractivity contribution is -0.118. The van der Waals surface area contributed by atoms with Gasteiger partial charge < -0.3 is 5.32 Å². The van der Waals surface area contributed by atoms with Crippen molar-refractivity contribution >= 4 is 27.8 Å². The van der Waals surface area contributed by atoms with E-state index in [0.29, 0.717) is 17.6 Å². The van der Waals surface area contributed by atoms with Crippen LogP contribution >= 0.6 is 0 Å². The van der Waals surface area contributed by atoms with Gasteiger partial charge in [0.15, 0.2) is 5.78 Å². The average molecular weight is 389 g/mol. The second-order valence-electron chi connectivity index (χ2n) is 8.79. The molecule has 146 valence electrons. The monoisotopic (exact) mass is 389 g/mol. The Morgan fingerprint density at radius 2 is 1.79 bits per heavy atom. The summed E-state index contributed by atoms with van der Waals surface area (Å²) in [4.78, 5) is 13.3. The van der Waals surface area contributed by atoms with Crippen molar-refractivity contribution in [2.24, 2.45) is 5.41 Å². The third-order valence-electron chi connectivity index (χ3n) is 6.01. The Bertz CT molecular complexity index is 1210. The molecule has 1 unspecified atom stereocenters. The molecule has 3 aromatic rings. The second kappa shape index (κ2) is 6.24. The molecule has 0 saturated carbocycles. The fourth-order valence-corrected chi connectivity index (χ4v) is 4.81. The first-order chi connectivity index (χ1) is 13.8. The Morgan fingerprint density at radius 1 is 1.00 bits per heavy atom. The Kier molecular flexibility index (Phi) is 3.89. The number of allylic oxidation sites excluding steroid dienone is 1. The van der Waals surface area contributed by atoms with Crippen molar-refractivity contribution in [3.63, 3.8) is 0 Å². The van der Waals surface area contributed by atoms with Gasteiger partial charge in [0.25, 0.3) is 0 Å². The van der Waals surface area contributed by atoms with Crippen LogP contribution in [-0.2, 0) is 4.79 Å². The normalized spacial score (nSPS) is 20.3. The standard InChI is InChI=1S/C25H21F2NO/c1-25(2)12-18-22-16-6-4-3-5-14(16)7-10-20(22)28-24(23(18)21(29)13-25)17-9-8-15(26)11-19(17)27/h3-11,24,28H,12-13H2,1-2H3. The van der Waals surface area contributed by atoms with Crippen LogP contribution in [0.25, 0.3) is 16.3 Å². The predicted octanol–water partition coefficient (Wildman–Crippen LogP) is 6.43. The SMILES string of the molecule is CC1(C)CC(=O)C2=C(C1)c1c(ccc3ccccc13)NC2c1ccc(F)cc1F. The number of carbonyl (C=O) groups excluding carboxylic acids is 1. The van der Waals surface area contributed by atoms with Crippen molar-refractivity contribution in [3.8, 4) is 0 Å². The number of anilines is 1. The first-order valence-electron chi connectivity index (χ1n) is 9.84. The molecule has 0 fully saturated rings. The average Bonchev–Trinajstić information content (AvgIpc) is 2.66. The molecule has 3 aromatic carbocycles. The number of halogens is 2. The maximum Gasteiger partial charge on any atom is 0.162 e. The number of fused-ring (bicyclic) bond motifs is 4. The lowest BCUT2D eigenvalue weighted by Gasteiger charge is -2.40. The summed E-state index contributed by atoms with van der Waals surface area (Å²) < 4.78 is 28.2. The van der Waals surface area contributed by atoms with Crippen LogP contribution < -0.4 is 5.32 Å². The lowest BCUT2D eigenvalue weighted by atomic mass is 9.68. The molecule has 2 nitrogen and oxygen atoms in total. The van der Waals surface area contributed by atoms with Crippen LogP contribution in [0.4, 0.5) is 14.5 Å². The minimum Gasteiger partial charge on any atom is -0.373 e. The molecular formula is C25H21F2NO. The lowest BCUT2D eigenvalue weighted by Crippen LogP contribution is -2.33. The summed E-state index contributed by atoms with van der Waals surface area (Å²) in [5, 5.41) is 5.56. The van der Waals surface area contributed by atoms with E-state index >= 15 is 0 Å². The maximum atomic E-state index is 14.7. The summed E-state index contributed by atoms with van der Waals surface area (Å²) in [5.74, 6) is -1.24. The smallest absolute Gasteiger partial charge is 0.162 e. The van der Waals surface area contributed by atoms with E-state index < -0.39 is 17.7 Å². The van der Waals surface area contributed by atoms with Gasteiger partial charge in [0.1, 0.15) is 11.6 Å². The van der Waals surface area contributed by atoms with Gasteiger partial charge in [-0.3, -0.25) is 4.79 Å². The molecule has 0 radical (unpaired) electrons. The number of benzene rings is 3. The largest absolute Gasteiger partial charge is 0.373 e. The summed E-state index contributed by atoms with van der Waals surface area (Å²) in [6.45, 7) is 4.18. The van der Waals surface area contributed by atoms with E-state index in [1.165, 1.54) is 12.1 Å². The highest BCUT2D eigenvalue weighted by Crippen LogP contribution is 2.52. The highest BCUT2D eigenvalue weighted by molar-refractivity contribution is 6.12. The first-order valence-corrected chi connectivity index (χ1v) is 9.84. The van der Waals surface area contributed by atoms with E-state index in [2.05, 4.69) is 31.3 Å². The molecule has 0 amide bonds. The summed E-state index contributed by atoms with van der Waals surface area (Å²) in [6, 6.07) is 15.1. The Morgan fingerprint density at radius 3 is 2.59 bits per heavy atom. The van der Waals surface area contributed by atoms with Crippen LogP contribution in [0.3, 0.4) is 0 Å². The second-order valence-corrected chi connectivity index (χ2v) is 8.79. The molecule has 29 heavy (non-hydrogen) atoms. The number of nitrogens with one attached hydrogen (secondary N) is 1. The summed E-state index contributed by atoms with van der Waals surface area (Å²) in [7, 11) is 0. The fraction of sp³-hybridized carbons (Fsp3) is 0.240. The zero-order valence-electron chi connectivity index (χ0n) is 16.4. The Hall–Kier alpha value is -3.01. The van der Waals surface area contributed by atoms with Crippen molar-refractivity contribution in [1.82, 2.24) is 0 Å². The highest BCUT2D eigenvalue weighted by Gasteiger charge is 2.41. The number of Topliss-reactive ketones (excluding diaryl/α,β-unsaturated/α-hetero) is 1. The van der Waals surface area contributed by atoms with Gasteiger partial charge in [-0.05, 0) is 40.3 Å². The van der Waals surface area contributed by atoms with Gasteiger partial charge >= 0.3 is 0 Å². The van der Waals surface area contributed by atoms with Crippen LogP contribution in [0, 0.1) is 17.0 Å². The first kappa shape index (κ1) is 18.0. The zero-order chi connectivity index (χ0) is 20.3. The molecule has 1 N–H and O–H groups in total. The molecule has 1 heterocycles. The third-order valence-corrected chi connectivity index (χ3v) is 6.01. The van der Waals surface area contributed by atoms with E-state index in [4.69, 9.17) is 0 Å². The zero-order valence-corrected chi connectivity index (χ0v) is 16.4. The van der Waals surface area contributed by atoms with Gasteiger partial charge in [-0.25, -0.2) is 8.78 Å². The highest BCUT2D eigenvalue weighted by atomic mass is 19.1. The Balaban J connectivity index is 1.81. The van der Waals surface area contributed by atoms with Gasteiger partial charge in [0, 0.05) is 34.9 Å². The van der Waals surface area contributed by atoms with Gasteiger partial charge in [-0.15, -0.1) is 0 Å². The molecule has 4 heteroatoms. The molecule has 0 saturated heterocycles. The predicted molar refractivity (Wildman–Crippen MR) is 112 cm³/mol. The van der Waals surface area contributed by atoms with Gasteiger partial charge in [-0.1, -0.05) is 50.2 Å². The summed E-state index contributed by atoms with van der Waals surface area (Å²) in [6.07, 6.45) is 1.14. The van der Waals surface area contributed by atoms with Gasteiger partial charge in [0.2, 0.25) is 0 Å². The van der Waals surface area contributed by atoms with Crippen LogP contribution in [-0.4, -0.2) is 5.78 Å². The molecule has 0 bridgehead atoms. The fourth-order valence-electron chi connectivity index (χ4n) is 4.81. The molecule has 2 aliphatic rings. The van der Waals surface area contributed by atoms with Crippen molar-refractivity contribution < 1.29 is 13.6 Å². The molecule has 5 rings (SSSR count). The topological polar surface area (TPSA) is 29.1 Å². The minimum atomic E-state index is -0.642. The third kappa shape index (κ3) is 2.86. The molecule has 1 aliphatic heterocycles. The number of hydrogen-bond acceptors (Lipinski definition) is 2. The number of carbonyl (C=O) groups is 1. The number of rotatable bonds is 1. The van der Waals surface area contributed by atoms with Crippen LogP contribution in [0.2, 0.25) is 0 Å². The number of ketones is 1. The number of hydrogen-bond donors (Lipinski definition) is 1.